The molecule has 13 heavy (non-hydrogen) atoms. The fraction of sp³-hybridized carbons (Fsp3) is 0.222. The number of halogens is 2. The van der Waals surface area contributed by atoms with E-state index < -0.39 is 11.8 Å². The Labute approximate surface area is 83.5 Å². The molecule has 0 unspecified atom stereocenters. The summed E-state index contributed by atoms with van der Waals surface area (Å²) < 4.78 is 13.7. The molecule has 0 aliphatic carbocycles. The normalized spacial score (nSPS) is 10.1. The van der Waals surface area contributed by atoms with E-state index >= 15 is 0 Å². The third kappa shape index (κ3) is 1.88. The maximum Gasteiger partial charge on any atom is 0.339 e. The van der Waals surface area contributed by atoms with E-state index in [1.54, 1.807) is 6.92 Å². The number of carboxylic acid groups (broad SMARTS) is 1. The summed E-state index contributed by atoms with van der Waals surface area (Å²) in [6.45, 7) is 1.78. The second kappa shape index (κ2) is 3.87. The van der Waals surface area contributed by atoms with Crippen molar-refractivity contribution >= 4 is 21.9 Å². The average molecular weight is 247 g/mol. The average Bonchev–Trinajstić information content (AvgIpc) is 2.07. The van der Waals surface area contributed by atoms with Gasteiger partial charge in [-0.05, 0) is 24.1 Å². The highest BCUT2D eigenvalue weighted by atomic mass is 79.9. The van der Waals surface area contributed by atoms with Gasteiger partial charge in [0, 0.05) is 4.47 Å². The van der Waals surface area contributed by atoms with Gasteiger partial charge in [0.15, 0.2) is 0 Å². The highest BCUT2D eigenvalue weighted by Crippen LogP contribution is 2.23. The molecule has 1 rings (SSSR count). The molecule has 1 N–H and O–H groups in total. The summed E-state index contributed by atoms with van der Waals surface area (Å²) in [6, 6.07) is 2.66. The van der Waals surface area contributed by atoms with Gasteiger partial charge < -0.3 is 5.11 Å². The van der Waals surface area contributed by atoms with Crippen molar-refractivity contribution in [1.29, 1.82) is 0 Å². The molecule has 0 saturated carbocycles. The molecule has 0 bridgehead atoms. The van der Waals surface area contributed by atoms with Crippen LogP contribution in [0.3, 0.4) is 0 Å². The van der Waals surface area contributed by atoms with Gasteiger partial charge in [0.25, 0.3) is 0 Å². The van der Waals surface area contributed by atoms with Crippen molar-refractivity contribution in [2.75, 3.05) is 0 Å². The predicted molar refractivity (Wildman–Crippen MR) is 50.4 cm³/mol. The minimum Gasteiger partial charge on any atom is -0.478 e. The monoisotopic (exact) mass is 246 g/mol. The Morgan fingerprint density at radius 3 is 2.62 bits per heavy atom. The van der Waals surface area contributed by atoms with E-state index in [2.05, 4.69) is 15.9 Å². The summed E-state index contributed by atoms with van der Waals surface area (Å²) in [4.78, 5) is 10.7. The molecule has 0 aliphatic rings. The van der Waals surface area contributed by atoms with E-state index in [0.717, 1.165) is 6.07 Å². The van der Waals surface area contributed by atoms with Crippen molar-refractivity contribution in [3.05, 3.63) is 33.5 Å². The molecule has 0 saturated heterocycles. The van der Waals surface area contributed by atoms with Crippen LogP contribution in [0.2, 0.25) is 0 Å². The number of benzene rings is 1. The highest BCUT2D eigenvalue weighted by Gasteiger charge is 2.16. The minimum absolute atomic E-state index is 0.239. The SMILES string of the molecule is CCc1c(Br)ccc(F)c1C(=O)O. The number of hydrogen-bond donors (Lipinski definition) is 1. The van der Waals surface area contributed by atoms with Gasteiger partial charge in [-0.25, -0.2) is 9.18 Å². The predicted octanol–water partition coefficient (Wildman–Crippen LogP) is 2.85. The van der Waals surface area contributed by atoms with Crippen LogP contribution in [0.1, 0.15) is 22.8 Å². The lowest BCUT2D eigenvalue weighted by atomic mass is 10.1. The zero-order valence-electron chi connectivity index (χ0n) is 6.97. The molecule has 4 heteroatoms. The van der Waals surface area contributed by atoms with Crippen LogP contribution in [-0.2, 0) is 6.42 Å². The molecule has 1 aromatic carbocycles. The lowest BCUT2D eigenvalue weighted by molar-refractivity contribution is 0.0690. The second-order valence-corrected chi connectivity index (χ2v) is 3.40. The summed E-state index contributed by atoms with van der Waals surface area (Å²) in [5, 5.41) is 8.74. The van der Waals surface area contributed by atoms with Crippen LogP contribution < -0.4 is 0 Å². The van der Waals surface area contributed by atoms with Crippen LogP contribution in [0.4, 0.5) is 4.39 Å². The number of aromatic carboxylic acids is 1. The first-order valence-corrected chi connectivity index (χ1v) is 4.57. The molecule has 0 aromatic heterocycles. The van der Waals surface area contributed by atoms with Crippen LogP contribution in [0.15, 0.2) is 16.6 Å². The van der Waals surface area contributed by atoms with Crippen molar-refractivity contribution in [3.8, 4) is 0 Å². The zero-order chi connectivity index (χ0) is 10.0. The fourth-order valence-corrected chi connectivity index (χ4v) is 1.78. The first-order chi connectivity index (χ1) is 6.07. The number of rotatable bonds is 2. The molecule has 0 fully saturated rings. The molecule has 0 spiro atoms. The molecule has 1 aromatic rings. The van der Waals surface area contributed by atoms with Gasteiger partial charge in [0.05, 0.1) is 5.56 Å². The Morgan fingerprint density at radius 1 is 1.62 bits per heavy atom. The number of carbonyl (C=O) groups is 1. The third-order valence-corrected chi connectivity index (χ3v) is 2.52. The molecular formula is C9H8BrFO2. The summed E-state index contributed by atoms with van der Waals surface area (Å²) in [6.07, 6.45) is 0.486. The van der Waals surface area contributed by atoms with Gasteiger partial charge in [0.1, 0.15) is 5.82 Å². The molecule has 2 nitrogen and oxygen atoms in total. The molecule has 70 valence electrons. The molecule has 0 atom stereocenters. The van der Waals surface area contributed by atoms with Crippen LogP contribution in [0.25, 0.3) is 0 Å². The van der Waals surface area contributed by atoms with Gasteiger partial charge in [-0.1, -0.05) is 22.9 Å². The van der Waals surface area contributed by atoms with E-state index in [4.69, 9.17) is 5.11 Å². The summed E-state index contributed by atoms with van der Waals surface area (Å²) >= 11 is 3.18. The smallest absolute Gasteiger partial charge is 0.339 e. The van der Waals surface area contributed by atoms with Gasteiger partial charge in [-0.15, -0.1) is 0 Å². The Morgan fingerprint density at radius 2 is 2.23 bits per heavy atom. The van der Waals surface area contributed by atoms with Gasteiger partial charge in [-0.3, -0.25) is 0 Å². The topological polar surface area (TPSA) is 37.3 Å². The van der Waals surface area contributed by atoms with E-state index in [1.165, 1.54) is 6.07 Å². The van der Waals surface area contributed by atoms with Crippen LogP contribution >= 0.6 is 15.9 Å². The molecule has 0 amide bonds. The van der Waals surface area contributed by atoms with Crippen LogP contribution in [0.5, 0.6) is 0 Å². The fourth-order valence-electron chi connectivity index (χ4n) is 1.17. The second-order valence-electron chi connectivity index (χ2n) is 2.54. The number of carboxylic acids is 1. The Bertz CT molecular complexity index is 350. The van der Waals surface area contributed by atoms with E-state index in [0.29, 0.717) is 16.5 Å². The van der Waals surface area contributed by atoms with Crippen LogP contribution in [-0.4, -0.2) is 11.1 Å². The van der Waals surface area contributed by atoms with Gasteiger partial charge in [-0.2, -0.15) is 0 Å². The quantitative estimate of drug-likeness (QED) is 0.872. The zero-order valence-corrected chi connectivity index (χ0v) is 8.56. The van der Waals surface area contributed by atoms with E-state index in [1.807, 2.05) is 0 Å². The maximum absolute atomic E-state index is 13.1. The van der Waals surface area contributed by atoms with Crippen molar-refractivity contribution in [2.24, 2.45) is 0 Å². The number of hydrogen-bond acceptors (Lipinski definition) is 1. The summed E-state index contributed by atoms with van der Waals surface area (Å²) in [5.41, 5.74) is 0.254. The first-order valence-electron chi connectivity index (χ1n) is 3.78. The maximum atomic E-state index is 13.1. The highest BCUT2D eigenvalue weighted by molar-refractivity contribution is 9.10. The Balaban J connectivity index is 3.43. The van der Waals surface area contributed by atoms with Crippen LogP contribution in [0, 0.1) is 5.82 Å². The standard InChI is InChI=1S/C9H8BrFO2/c1-2-5-6(10)3-4-7(11)8(5)9(12)13/h3-4H,2H2,1H3,(H,12,13). The minimum atomic E-state index is -1.23. The Kier molecular flexibility index (Phi) is 3.03. The lowest BCUT2D eigenvalue weighted by Crippen LogP contribution is -2.06. The van der Waals surface area contributed by atoms with Crippen molar-refractivity contribution in [1.82, 2.24) is 0 Å². The molecule has 0 heterocycles. The van der Waals surface area contributed by atoms with E-state index in [-0.39, 0.29) is 5.56 Å². The van der Waals surface area contributed by atoms with Crippen molar-refractivity contribution < 1.29 is 14.3 Å². The summed E-state index contributed by atoms with van der Waals surface area (Å²) in [7, 11) is 0. The van der Waals surface area contributed by atoms with Gasteiger partial charge >= 0.3 is 5.97 Å². The summed E-state index contributed by atoms with van der Waals surface area (Å²) in [5.74, 6) is -1.91. The van der Waals surface area contributed by atoms with Crippen molar-refractivity contribution in [3.63, 3.8) is 0 Å². The van der Waals surface area contributed by atoms with E-state index in [9.17, 15) is 9.18 Å². The lowest BCUT2D eigenvalue weighted by Gasteiger charge is -2.06. The largest absolute Gasteiger partial charge is 0.478 e. The third-order valence-electron chi connectivity index (χ3n) is 1.77. The Hall–Kier alpha value is -0.900. The molecule has 0 aliphatic heterocycles. The molecule has 0 radical (unpaired) electrons. The molecular weight excluding hydrogens is 239 g/mol. The first kappa shape index (κ1) is 10.2. The van der Waals surface area contributed by atoms with Gasteiger partial charge in [0.2, 0.25) is 0 Å². The van der Waals surface area contributed by atoms with Crippen molar-refractivity contribution in [2.45, 2.75) is 13.3 Å².